The fraction of sp³-hybridized carbons (Fsp3) is 0.588. The lowest BCUT2D eigenvalue weighted by Crippen LogP contribution is -2.38. The Morgan fingerprint density at radius 3 is 2.75 bits per heavy atom. The highest BCUT2D eigenvalue weighted by Gasteiger charge is 2.25. The van der Waals surface area contributed by atoms with E-state index in [0.717, 1.165) is 55.0 Å². The summed E-state index contributed by atoms with van der Waals surface area (Å²) < 4.78 is 5.18. The summed E-state index contributed by atoms with van der Waals surface area (Å²) in [4.78, 5) is 21.6. The summed E-state index contributed by atoms with van der Waals surface area (Å²) in [5.74, 6) is 1.58. The first kappa shape index (κ1) is 17.0. The Balaban J connectivity index is 1.46. The van der Waals surface area contributed by atoms with E-state index in [0.29, 0.717) is 11.9 Å². The van der Waals surface area contributed by atoms with Gasteiger partial charge in [-0.2, -0.15) is 4.98 Å². The van der Waals surface area contributed by atoms with Gasteiger partial charge in [0.1, 0.15) is 0 Å². The van der Waals surface area contributed by atoms with E-state index in [9.17, 15) is 4.79 Å². The molecule has 24 heavy (non-hydrogen) atoms. The summed E-state index contributed by atoms with van der Waals surface area (Å²) in [6, 6.07) is 2.56. The minimum absolute atomic E-state index is 0.190. The van der Waals surface area contributed by atoms with Crippen LogP contribution >= 0.6 is 11.3 Å². The lowest BCUT2D eigenvalue weighted by molar-refractivity contribution is 0.0691. The predicted molar refractivity (Wildman–Crippen MR) is 94.6 cm³/mol. The van der Waals surface area contributed by atoms with Crippen LogP contribution in [0.15, 0.2) is 16.0 Å². The average Bonchev–Trinajstić information content (AvgIpc) is 3.22. The first-order chi connectivity index (χ1) is 11.5. The van der Waals surface area contributed by atoms with E-state index in [1.807, 2.05) is 42.3 Å². The number of thiophene rings is 1. The van der Waals surface area contributed by atoms with E-state index in [4.69, 9.17) is 4.52 Å². The molecular weight excluding hydrogens is 324 g/mol. The third-order valence-electron chi connectivity index (χ3n) is 4.57. The fourth-order valence-corrected chi connectivity index (χ4v) is 3.91. The molecule has 2 aromatic heterocycles. The molecule has 0 spiro atoms. The number of rotatable bonds is 5. The number of hydrogen-bond acceptors (Lipinski definition) is 6. The molecule has 1 amide bonds. The molecular formula is C17H24N4O2S. The number of anilines is 1. The Labute approximate surface area is 146 Å². The molecule has 6 nitrogen and oxygen atoms in total. The standard InChI is InChI=1S/C17H24N4O2S/c1-12-8-11-24-15(12)16(22)21-9-6-13(7-10-21)4-5-14-18-17(20(2)3)23-19-14/h8,11,13H,4-7,9-10H2,1-3H3. The number of piperidine rings is 1. The molecule has 2 aromatic rings. The highest BCUT2D eigenvalue weighted by Crippen LogP contribution is 2.25. The van der Waals surface area contributed by atoms with Gasteiger partial charge in [0, 0.05) is 33.6 Å². The lowest BCUT2D eigenvalue weighted by atomic mass is 9.92. The molecule has 130 valence electrons. The molecule has 0 saturated carbocycles. The zero-order chi connectivity index (χ0) is 17.1. The highest BCUT2D eigenvalue weighted by molar-refractivity contribution is 7.12. The van der Waals surface area contributed by atoms with Crippen LogP contribution in [0.25, 0.3) is 0 Å². The Hall–Kier alpha value is -1.89. The number of hydrogen-bond donors (Lipinski definition) is 0. The van der Waals surface area contributed by atoms with Gasteiger partial charge in [-0.25, -0.2) is 0 Å². The van der Waals surface area contributed by atoms with E-state index in [-0.39, 0.29) is 5.91 Å². The summed E-state index contributed by atoms with van der Waals surface area (Å²) >= 11 is 1.54. The van der Waals surface area contributed by atoms with E-state index in [1.54, 1.807) is 11.3 Å². The van der Waals surface area contributed by atoms with Crippen LogP contribution in [0.5, 0.6) is 0 Å². The number of aryl methyl sites for hydroxylation is 2. The van der Waals surface area contributed by atoms with Crippen LogP contribution in [0.2, 0.25) is 0 Å². The quantitative estimate of drug-likeness (QED) is 0.831. The number of carbonyl (C=O) groups excluding carboxylic acids is 1. The van der Waals surface area contributed by atoms with Crippen molar-refractivity contribution in [1.29, 1.82) is 0 Å². The summed E-state index contributed by atoms with van der Waals surface area (Å²) in [5.41, 5.74) is 1.08. The van der Waals surface area contributed by atoms with Gasteiger partial charge in [-0.15, -0.1) is 11.3 Å². The minimum atomic E-state index is 0.190. The zero-order valence-corrected chi connectivity index (χ0v) is 15.3. The van der Waals surface area contributed by atoms with Gasteiger partial charge >= 0.3 is 6.01 Å². The Morgan fingerprint density at radius 2 is 2.17 bits per heavy atom. The summed E-state index contributed by atoms with van der Waals surface area (Å²) in [7, 11) is 3.78. The smallest absolute Gasteiger partial charge is 0.323 e. The van der Waals surface area contributed by atoms with Crippen LogP contribution in [0.4, 0.5) is 6.01 Å². The minimum Gasteiger partial charge on any atom is -0.338 e. The van der Waals surface area contributed by atoms with Crippen LogP contribution < -0.4 is 4.90 Å². The van der Waals surface area contributed by atoms with Crippen molar-refractivity contribution in [1.82, 2.24) is 15.0 Å². The Kier molecular flexibility index (Phi) is 5.18. The number of aromatic nitrogens is 2. The van der Waals surface area contributed by atoms with Crippen LogP contribution in [-0.2, 0) is 6.42 Å². The van der Waals surface area contributed by atoms with Crippen molar-refractivity contribution in [3.63, 3.8) is 0 Å². The number of carbonyl (C=O) groups is 1. The summed E-state index contributed by atoms with van der Waals surface area (Å²) in [5, 5.41) is 6.01. The van der Waals surface area contributed by atoms with Gasteiger partial charge in [-0.1, -0.05) is 5.16 Å². The molecule has 0 N–H and O–H groups in total. The maximum atomic E-state index is 12.5. The second-order valence-electron chi connectivity index (χ2n) is 6.59. The van der Waals surface area contributed by atoms with Crippen LogP contribution in [-0.4, -0.2) is 48.1 Å². The second-order valence-corrected chi connectivity index (χ2v) is 7.51. The predicted octanol–water partition coefficient (Wildman–Crippen LogP) is 2.99. The molecule has 0 unspecified atom stereocenters. The lowest BCUT2D eigenvalue weighted by Gasteiger charge is -2.31. The van der Waals surface area contributed by atoms with Gasteiger partial charge in [-0.3, -0.25) is 4.79 Å². The largest absolute Gasteiger partial charge is 0.338 e. The number of amides is 1. The summed E-state index contributed by atoms with van der Waals surface area (Å²) in [6.45, 7) is 3.69. The fourth-order valence-electron chi connectivity index (χ4n) is 3.02. The average molecular weight is 348 g/mol. The Bertz CT molecular complexity index is 686. The van der Waals surface area contributed by atoms with Crippen molar-refractivity contribution in [2.75, 3.05) is 32.1 Å². The maximum absolute atomic E-state index is 12.5. The van der Waals surface area contributed by atoms with Gasteiger partial charge in [0.15, 0.2) is 5.82 Å². The molecule has 0 bridgehead atoms. The second kappa shape index (κ2) is 7.34. The van der Waals surface area contributed by atoms with Gasteiger partial charge in [0.2, 0.25) is 0 Å². The molecule has 1 aliphatic heterocycles. The molecule has 0 radical (unpaired) electrons. The van der Waals surface area contributed by atoms with Crippen molar-refractivity contribution in [3.8, 4) is 0 Å². The normalized spacial score (nSPS) is 15.7. The van der Waals surface area contributed by atoms with Crippen molar-refractivity contribution in [2.24, 2.45) is 5.92 Å². The highest BCUT2D eigenvalue weighted by atomic mass is 32.1. The SMILES string of the molecule is Cc1ccsc1C(=O)N1CCC(CCc2noc(N(C)C)n2)CC1. The van der Waals surface area contributed by atoms with E-state index in [2.05, 4.69) is 10.1 Å². The van der Waals surface area contributed by atoms with E-state index >= 15 is 0 Å². The Morgan fingerprint density at radius 1 is 1.42 bits per heavy atom. The van der Waals surface area contributed by atoms with Crippen molar-refractivity contribution < 1.29 is 9.32 Å². The molecule has 0 atom stereocenters. The van der Waals surface area contributed by atoms with Crippen LogP contribution in [0.1, 0.15) is 40.3 Å². The van der Waals surface area contributed by atoms with Crippen molar-refractivity contribution in [3.05, 3.63) is 27.7 Å². The molecule has 3 rings (SSSR count). The molecule has 0 aliphatic carbocycles. The number of likely N-dealkylation sites (tertiary alicyclic amines) is 1. The van der Waals surface area contributed by atoms with Crippen LogP contribution in [0.3, 0.4) is 0 Å². The molecule has 0 aromatic carbocycles. The molecule has 1 saturated heterocycles. The first-order valence-electron chi connectivity index (χ1n) is 8.38. The van der Waals surface area contributed by atoms with Gasteiger partial charge in [-0.05, 0) is 49.1 Å². The number of nitrogens with zero attached hydrogens (tertiary/aromatic N) is 4. The molecule has 3 heterocycles. The maximum Gasteiger partial charge on any atom is 0.323 e. The van der Waals surface area contributed by atoms with E-state index in [1.165, 1.54) is 0 Å². The third kappa shape index (κ3) is 3.77. The van der Waals surface area contributed by atoms with E-state index < -0.39 is 0 Å². The summed E-state index contributed by atoms with van der Waals surface area (Å²) in [6.07, 6.45) is 3.98. The van der Waals surface area contributed by atoms with Gasteiger partial charge in [0.25, 0.3) is 5.91 Å². The third-order valence-corrected chi connectivity index (χ3v) is 5.58. The molecule has 1 fully saturated rings. The molecule has 1 aliphatic rings. The monoisotopic (exact) mass is 348 g/mol. The van der Waals surface area contributed by atoms with Crippen LogP contribution in [0, 0.1) is 12.8 Å². The zero-order valence-electron chi connectivity index (χ0n) is 14.5. The van der Waals surface area contributed by atoms with Gasteiger partial charge < -0.3 is 14.3 Å². The topological polar surface area (TPSA) is 62.5 Å². The molecule has 7 heteroatoms. The first-order valence-corrected chi connectivity index (χ1v) is 9.26. The van der Waals surface area contributed by atoms with Gasteiger partial charge in [0.05, 0.1) is 4.88 Å². The van der Waals surface area contributed by atoms with Crippen molar-refractivity contribution >= 4 is 23.3 Å². The van der Waals surface area contributed by atoms with Crippen molar-refractivity contribution in [2.45, 2.75) is 32.6 Å².